The van der Waals surface area contributed by atoms with E-state index in [1.165, 1.54) is 4.68 Å². The molecular formula is C9H10F3N5. The Kier molecular flexibility index (Phi) is 2.97. The first kappa shape index (κ1) is 11.8. The third-order valence-electron chi connectivity index (χ3n) is 2.75. The van der Waals surface area contributed by atoms with Crippen LogP contribution in [0.5, 0.6) is 0 Å². The summed E-state index contributed by atoms with van der Waals surface area (Å²) in [6, 6.07) is 0. The quantitative estimate of drug-likeness (QED) is 0.458. The van der Waals surface area contributed by atoms with E-state index in [0.29, 0.717) is 24.1 Å². The molecule has 2 rings (SSSR count). The molecule has 1 heterocycles. The highest BCUT2D eigenvalue weighted by atomic mass is 19.4. The van der Waals surface area contributed by atoms with E-state index < -0.39 is 11.9 Å². The molecule has 0 N–H and O–H groups in total. The summed E-state index contributed by atoms with van der Waals surface area (Å²) in [6.45, 7) is 0.310. The molecule has 1 aliphatic rings. The van der Waals surface area contributed by atoms with E-state index in [-0.39, 0.29) is 13.1 Å². The molecule has 0 unspecified atom stereocenters. The molecule has 0 saturated carbocycles. The van der Waals surface area contributed by atoms with Gasteiger partial charge in [-0.2, -0.15) is 18.3 Å². The minimum absolute atomic E-state index is 0.113. The number of rotatable bonds is 3. The normalized spacial score (nSPS) is 14.5. The molecule has 1 aliphatic carbocycles. The number of halogens is 3. The predicted octanol–water partition coefficient (Wildman–Crippen LogP) is 2.70. The summed E-state index contributed by atoms with van der Waals surface area (Å²) in [5.74, 6) is 0. The summed E-state index contributed by atoms with van der Waals surface area (Å²) in [4.78, 5) is 2.56. The maximum atomic E-state index is 12.7. The van der Waals surface area contributed by atoms with Gasteiger partial charge in [0.25, 0.3) is 0 Å². The Morgan fingerprint density at radius 3 is 2.82 bits per heavy atom. The molecule has 0 aliphatic heterocycles. The van der Waals surface area contributed by atoms with Gasteiger partial charge >= 0.3 is 6.18 Å². The zero-order chi connectivity index (χ0) is 12.5. The van der Waals surface area contributed by atoms with E-state index in [1.54, 1.807) is 0 Å². The molecule has 0 fully saturated rings. The van der Waals surface area contributed by atoms with Crippen molar-refractivity contribution in [1.29, 1.82) is 0 Å². The molecule has 0 amide bonds. The van der Waals surface area contributed by atoms with Crippen LogP contribution in [-0.4, -0.2) is 16.3 Å². The molecule has 0 saturated heterocycles. The molecule has 8 heteroatoms. The predicted molar refractivity (Wildman–Crippen MR) is 53.3 cm³/mol. The van der Waals surface area contributed by atoms with Crippen molar-refractivity contribution in [2.24, 2.45) is 5.11 Å². The van der Waals surface area contributed by atoms with Gasteiger partial charge in [0.2, 0.25) is 0 Å². The third kappa shape index (κ3) is 2.21. The van der Waals surface area contributed by atoms with Crippen LogP contribution in [-0.2, 0) is 25.6 Å². The van der Waals surface area contributed by atoms with Crippen LogP contribution in [0.4, 0.5) is 13.2 Å². The molecule has 92 valence electrons. The van der Waals surface area contributed by atoms with Crippen molar-refractivity contribution in [1.82, 2.24) is 9.78 Å². The van der Waals surface area contributed by atoms with Crippen LogP contribution >= 0.6 is 0 Å². The second-order valence-corrected chi connectivity index (χ2v) is 3.80. The summed E-state index contributed by atoms with van der Waals surface area (Å²) in [7, 11) is 0. The summed E-state index contributed by atoms with van der Waals surface area (Å²) in [5, 5.41) is 6.89. The zero-order valence-corrected chi connectivity index (χ0v) is 8.91. The summed E-state index contributed by atoms with van der Waals surface area (Å²) in [6.07, 6.45) is -2.66. The molecule has 0 atom stereocenters. The smallest absolute Gasteiger partial charge is 0.269 e. The van der Waals surface area contributed by atoms with Crippen LogP contribution in [0.2, 0.25) is 0 Å². The molecule has 1 aromatic heterocycles. The number of hydrogen-bond acceptors (Lipinski definition) is 2. The second-order valence-electron chi connectivity index (χ2n) is 3.80. The lowest BCUT2D eigenvalue weighted by Gasteiger charge is -2.04. The van der Waals surface area contributed by atoms with E-state index in [2.05, 4.69) is 15.1 Å². The molecular weight excluding hydrogens is 235 g/mol. The first-order chi connectivity index (χ1) is 8.04. The lowest BCUT2D eigenvalue weighted by molar-refractivity contribution is -0.142. The van der Waals surface area contributed by atoms with E-state index in [0.717, 1.165) is 6.42 Å². The van der Waals surface area contributed by atoms with Gasteiger partial charge in [-0.3, -0.25) is 4.68 Å². The molecule has 1 aromatic rings. The highest BCUT2D eigenvalue weighted by Crippen LogP contribution is 2.36. The lowest BCUT2D eigenvalue weighted by atomic mass is 10.2. The van der Waals surface area contributed by atoms with Gasteiger partial charge in [-0.05, 0) is 24.8 Å². The maximum absolute atomic E-state index is 12.7. The van der Waals surface area contributed by atoms with Crippen LogP contribution in [0.1, 0.15) is 23.4 Å². The molecule has 0 aromatic carbocycles. The molecule has 0 radical (unpaired) electrons. The van der Waals surface area contributed by atoms with Gasteiger partial charge in [-0.1, -0.05) is 5.11 Å². The fraction of sp³-hybridized carbons (Fsp3) is 0.667. The molecule has 0 bridgehead atoms. The number of fused-ring (bicyclic) bond motifs is 1. The van der Waals surface area contributed by atoms with Crippen LogP contribution in [0.3, 0.4) is 0 Å². The standard InChI is InChI=1S/C9H10F3N5/c10-9(11,12)8-6-2-1-3-7(6)17(15-8)5-4-14-16-13/h1-5H2. The summed E-state index contributed by atoms with van der Waals surface area (Å²) in [5.41, 5.74) is 8.27. The number of aromatic nitrogens is 2. The number of nitrogens with zero attached hydrogens (tertiary/aromatic N) is 5. The van der Waals surface area contributed by atoms with E-state index in [9.17, 15) is 13.2 Å². The van der Waals surface area contributed by atoms with Gasteiger partial charge in [-0.15, -0.1) is 0 Å². The third-order valence-corrected chi connectivity index (χ3v) is 2.75. The Hall–Kier alpha value is -1.69. The van der Waals surface area contributed by atoms with E-state index in [4.69, 9.17) is 5.53 Å². The van der Waals surface area contributed by atoms with Crippen molar-refractivity contribution in [3.8, 4) is 0 Å². The minimum Gasteiger partial charge on any atom is -0.269 e. The zero-order valence-electron chi connectivity index (χ0n) is 8.91. The van der Waals surface area contributed by atoms with Crippen LogP contribution in [0.15, 0.2) is 5.11 Å². The second kappa shape index (κ2) is 4.29. The van der Waals surface area contributed by atoms with Gasteiger partial charge in [0.1, 0.15) is 0 Å². The number of hydrogen-bond donors (Lipinski definition) is 0. The van der Waals surface area contributed by atoms with Crippen LogP contribution in [0, 0.1) is 0 Å². The first-order valence-corrected chi connectivity index (χ1v) is 5.20. The van der Waals surface area contributed by atoms with Crippen molar-refractivity contribution >= 4 is 0 Å². The van der Waals surface area contributed by atoms with E-state index in [1.807, 2.05) is 0 Å². The Morgan fingerprint density at radius 1 is 1.41 bits per heavy atom. The topological polar surface area (TPSA) is 66.6 Å². The lowest BCUT2D eigenvalue weighted by Crippen LogP contribution is -2.11. The maximum Gasteiger partial charge on any atom is 0.435 e. The van der Waals surface area contributed by atoms with Crippen molar-refractivity contribution in [3.63, 3.8) is 0 Å². The van der Waals surface area contributed by atoms with Crippen molar-refractivity contribution in [2.75, 3.05) is 6.54 Å². The highest BCUT2D eigenvalue weighted by molar-refractivity contribution is 5.32. The molecule has 5 nitrogen and oxygen atoms in total. The summed E-state index contributed by atoms with van der Waals surface area (Å²) >= 11 is 0. The van der Waals surface area contributed by atoms with Crippen LogP contribution < -0.4 is 0 Å². The fourth-order valence-corrected chi connectivity index (χ4v) is 2.11. The van der Waals surface area contributed by atoms with Gasteiger partial charge < -0.3 is 0 Å². The molecule has 17 heavy (non-hydrogen) atoms. The van der Waals surface area contributed by atoms with Crippen molar-refractivity contribution in [3.05, 3.63) is 27.4 Å². The molecule has 0 spiro atoms. The fourth-order valence-electron chi connectivity index (χ4n) is 2.11. The monoisotopic (exact) mass is 245 g/mol. The first-order valence-electron chi connectivity index (χ1n) is 5.20. The summed E-state index contributed by atoms with van der Waals surface area (Å²) < 4.78 is 39.4. The van der Waals surface area contributed by atoms with Gasteiger partial charge in [0.05, 0.1) is 0 Å². The Labute approximate surface area is 94.9 Å². The van der Waals surface area contributed by atoms with Crippen molar-refractivity contribution < 1.29 is 13.2 Å². The average molecular weight is 245 g/mol. The number of azide groups is 1. The highest BCUT2D eigenvalue weighted by Gasteiger charge is 2.39. The van der Waals surface area contributed by atoms with Gasteiger partial charge in [0.15, 0.2) is 5.69 Å². The Balaban J connectivity index is 2.31. The SMILES string of the molecule is [N-]=[N+]=NCCn1nc(C(F)(F)F)c2c1CCC2. The largest absolute Gasteiger partial charge is 0.435 e. The number of alkyl halides is 3. The van der Waals surface area contributed by atoms with Crippen molar-refractivity contribution in [2.45, 2.75) is 32.0 Å². The van der Waals surface area contributed by atoms with Gasteiger partial charge in [0, 0.05) is 29.3 Å². The van der Waals surface area contributed by atoms with Gasteiger partial charge in [-0.25, -0.2) is 0 Å². The average Bonchev–Trinajstić information content (AvgIpc) is 2.79. The van der Waals surface area contributed by atoms with Crippen LogP contribution in [0.25, 0.3) is 10.4 Å². The van der Waals surface area contributed by atoms with E-state index >= 15 is 0 Å². The Morgan fingerprint density at radius 2 is 2.18 bits per heavy atom. The Bertz CT molecular complexity index is 470. The minimum atomic E-state index is -4.40.